The Bertz CT molecular complexity index is 1010. The van der Waals surface area contributed by atoms with Crippen molar-refractivity contribution in [3.05, 3.63) is 64.5 Å². The largest absolute Gasteiger partial charge is 0.339 e. The van der Waals surface area contributed by atoms with Gasteiger partial charge in [0.2, 0.25) is 0 Å². The number of hydrogen-bond acceptors (Lipinski definition) is 3. The Balaban J connectivity index is 1.48. The van der Waals surface area contributed by atoms with Gasteiger partial charge in [0.25, 0.3) is 11.8 Å². The van der Waals surface area contributed by atoms with Crippen LogP contribution < -0.4 is 0 Å². The molecular weight excluding hydrogens is 412 g/mol. The molecule has 0 N–H and O–H groups in total. The van der Waals surface area contributed by atoms with E-state index in [4.69, 9.17) is 4.98 Å². The molecule has 0 unspecified atom stereocenters. The minimum atomic E-state index is -0.846. The van der Waals surface area contributed by atoms with Crippen molar-refractivity contribution in [3.8, 4) is 0 Å². The number of carbonyl (C=O) groups is 2. The van der Waals surface area contributed by atoms with E-state index in [0.29, 0.717) is 37.4 Å². The molecule has 7 heteroatoms. The molecule has 170 valence electrons. The fourth-order valence-corrected chi connectivity index (χ4v) is 4.64. The quantitative estimate of drug-likeness (QED) is 0.702. The van der Waals surface area contributed by atoms with E-state index >= 15 is 0 Å². The molecule has 0 radical (unpaired) electrons. The minimum Gasteiger partial charge on any atom is -0.339 e. The van der Waals surface area contributed by atoms with Crippen LogP contribution in [0.25, 0.3) is 0 Å². The molecule has 0 spiro atoms. The van der Waals surface area contributed by atoms with Crippen molar-refractivity contribution in [2.45, 2.75) is 45.4 Å². The zero-order chi connectivity index (χ0) is 22.8. The summed E-state index contributed by atoms with van der Waals surface area (Å²) in [5.74, 6) is -1.25. The number of amides is 2. The second-order valence-electron chi connectivity index (χ2n) is 9.05. The first-order valence-corrected chi connectivity index (χ1v) is 11.3. The zero-order valence-electron chi connectivity index (χ0n) is 18.6. The van der Waals surface area contributed by atoms with E-state index in [1.165, 1.54) is 6.07 Å². The van der Waals surface area contributed by atoms with E-state index in [1.54, 1.807) is 4.90 Å². The first-order valence-electron chi connectivity index (χ1n) is 11.3. The van der Waals surface area contributed by atoms with Crippen LogP contribution in [0.15, 0.2) is 30.3 Å². The number of hydrogen-bond donors (Lipinski definition) is 0. The average molecular weight is 442 g/mol. The Labute approximate surface area is 187 Å². The summed E-state index contributed by atoms with van der Waals surface area (Å²) in [4.78, 5) is 34.2. The van der Waals surface area contributed by atoms with Crippen molar-refractivity contribution in [1.29, 1.82) is 0 Å². The highest BCUT2D eigenvalue weighted by atomic mass is 19.1. The third-order valence-corrected chi connectivity index (χ3v) is 6.70. The van der Waals surface area contributed by atoms with E-state index in [0.717, 1.165) is 49.5 Å². The van der Waals surface area contributed by atoms with Gasteiger partial charge in [-0.05, 0) is 62.8 Å². The number of benzene rings is 1. The number of carbonyl (C=O) groups excluding carboxylic acids is 2. The number of aryl methyl sites for hydroxylation is 1. The van der Waals surface area contributed by atoms with Gasteiger partial charge in [0.15, 0.2) is 0 Å². The number of nitrogens with zero attached hydrogens (tertiary/aromatic N) is 3. The van der Waals surface area contributed by atoms with Crippen LogP contribution in [0.4, 0.5) is 8.78 Å². The summed E-state index contributed by atoms with van der Waals surface area (Å²) in [7, 11) is 0. The number of halogens is 2. The summed E-state index contributed by atoms with van der Waals surface area (Å²) < 4.78 is 27.2. The van der Waals surface area contributed by atoms with Gasteiger partial charge in [-0.3, -0.25) is 14.6 Å². The van der Waals surface area contributed by atoms with Crippen LogP contribution in [0, 0.1) is 24.5 Å². The van der Waals surface area contributed by atoms with Gasteiger partial charge in [-0.1, -0.05) is 6.92 Å². The smallest absolute Gasteiger partial charge is 0.256 e. The number of rotatable bonds is 3. The lowest BCUT2D eigenvalue weighted by Gasteiger charge is -2.34. The van der Waals surface area contributed by atoms with Crippen LogP contribution in [0.3, 0.4) is 0 Å². The van der Waals surface area contributed by atoms with Crippen molar-refractivity contribution >= 4 is 11.8 Å². The fourth-order valence-electron chi connectivity index (χ4n) is 4.64. The second kappa shape index (κ2) is 9.35. The van der Waals surface area contributed by atoms with Crippen molar-refractivity contribution in [3.63, 3.8) is 0 Å². The highest BCUT2D eigenvalue weighted by molar-refractivity contribution is 5.96. The second-order valence-corrected chi connectivity index (χ2v) is 9.05. The maximum absolute atomic E-state index is 14.0. The summed E-state index contributed by atoms with van der Waals surface area (Å²) in [5, 5.41) is 0. The van der Waals surface area contributed by atoms with Gasteiger partial charge in [0.05, 0.1) is 16.8 Å². The van der Waals surface area contributed by atoms with E-state index in [1.807, 2.05) is 24.0 Å². The number of likely N-dealkylation sites (tertiary alicyclic amines) is 2. The molecule has 5 nitrogen and oxygen atoms in total. The first kappa shape index (κ1) is 22.4. The van der Waals surface area contributed by atoms with E-state index in [2.05, 4.69) is 6.92 Å². The number of pyridine rings is 1. The summed E-state index contributed by atoms with van der Waals surface area (Å²) in [6.07, 6.45) is 3.31. The van der Waals surface area contributed by atoms with Crippen molar-refractivity contribution < 1.29 is 18.4 Å². The Morgan fingerprint density at radius 1 is 0.875 bits per heavy atom. The highest BCUT2D eigenvalue weighted by Gasteiger charge is 2.31. The molecule has 2 aliphatic heterocycles. The molecule has 2 aromatic rings. The van der Waals surface area contributed by atoms with Crippen LogP contribution >= 0.6 is 0 Å². The predicted octanol–water partition coefficient (Wildman–Crippen LogP) is 4.56. The average Bonchev–Trinajstić information content (AvgIpc) is 2.79. The third-order valence-electron chi connectivity index (χ3n) is 6.70. The van der Waals surface area contributed by atoms with Gasteiger partial charge in [0, 0.05) is 43.9 Å². The van der Waals surface area contributed by atoms with Gasteiger partial charge in [-0.2, -0.15) is 0 Å². The Hall–Kier alpha value is -2.83. The van der Waals surface area contributed by atoms with Crippen LogP contribution in [-0.2, 0) is 0 Å². The lowest BCUT2D eigenvalue weighted by molar-refractivity contribution is 0.0679. The highest BCUT2D eigenvalue weighted by Crippen LogP contribution is 2.31. The maximum atomic E-state index is 14.0. The molecule has 32 heavy (non-hydrogen) atoms. The van der Waals surface area contributed by atoms with Crippen LogP contribution in [0.2, 0.25) is 0 Å². The SMILES string of the molecule is Cc1ccc(C(=O)N2CCC(C)CC2)c(C2CCN(C(=O)c3ccc(F)cc3F)CC2)n1. The molecule has 1 aromatic heterocycles. The lowest BCUT2D eigenvalue weighted by atomic mass is 9.89. The maximum Gasteiger partial charge on any atom is 0.256 e. The van der Waals surface area contributed by atoms with Crippen molar-refractivity contribution in [1.82, 2.24) is 14.8 Å². The normalized spacial score (nSPS) is 18.1. The van der Waals surface area contributed by atoms with Crippen LogP contribution in [0.5, 0.6) is 0 Å². The van der Waals surface area contributed by atoms with Gasteiger partial charge in [0.1, 0.15) is 11.6 Å². The topological polar surface area (TPSA) is 53.5 Å². The molecule has 1 aromatic carbocycles. The molecule has 2 saturated heterocycles. The number of aromatic nitrogens is 1. The third kappa shape index (κ3) is 4.66. The van der Waals surface area contributed by atoms with Crippen molar-refractivity contribution in [2.75, 3.05) is 26.2 Å². The lowest BCUT2D eigenvalue weighted by Crippen LogP contribution is -2.40. The molecule has 0 aliphatic carbocycles. The fraction of sp³-hybridized carbons (Fsp3) is 0.480. The van der Waals surface area contributed by atoms with Gasteiger partial charge in [-0.25, -0.2) is 8.78 Å². The molecule has 0 atom stereocenters. The van der Waals surface area contributed by atoms with Gasteiger partial charge >= 0.3 is 0 Å². The summed E-state index contributed by atoms with van der Waals surface area (Å²) in [6, 6.07) is 6.77. The Kier molecular flexibility index (Phi) is 6.53. The monoisotopic (exact) mass is 441 g/mol. The summed E-state index contributed by atoms with van der Waals surface area (Å²) >= 11 is 0. The summed E-state index contributed by atoms with van der Waals surface area (Å²) in [6.45, 7) is 6.53. The molecular formula is C25H29F2N3O2. The molecule has 3 heterocycles. The van der Waals surface area contributed by atoms with E-state index < -0.39 is 17.5 Å². The minimum absolute atomic E-state index is 0.0336. The van der Waals surface area contributed by atoms with Crippen LogP contribution in [-0.4, -0.2) is 52.8 Å². The Morgan fingerprint density at radius 3 is 2.06 bits per heavy atom. The molecule has 2 aliphatic rings. The zero-order valence-corrected chi connectivity index (χ0v) is 18.6. The molecule has 2 amide bonds. The van der Waals surface area contributed by atoms with Gasteiger partial charge < -0.3 is 9.80 Å². The van der Waals surface area contributed by atoms with Gasteiger partial charge in [-0.15, -0.1) is 0 Å². The number of piperidine rings is 2. The summed E-state index contributed by atoms with van der Waals surface area (Å²) in [5.41, 5.74) is 2.19. The molecule has 0 saturated carbocycles. The van der Waals surface area contributed by atoms with E-state index in [9.17, 15) is 18.4 Å². The molecule has 0 bridgehead atoms. The first-order chi connectivity index (χ1) is 15.3. The van der Waals surface area contributed by atoms with Crippen LogP contribution in [0.1, 0.15) is 70.6 Å². The predicted molar refractivity (Wildman–Crippen MR) is 118 cm³/mol. The molecule has 2 fully saturated rings. The molecule has 4 rings (SSSR count). The van der Waals surface area contributed by atoms with Crippen molar-refractivity contribution in [2.24, 2.45) is 5.92 Å². The van der Waals surface area contributed by atoms with E-state index in [-0.39, 0.29) is 17.4 Å². The standard InChI is InChI=1S/C25H29F2N3O2/c1-16-7-11-29(12-8-16)25(32)21-5-3-17(2)28-23(21)18-9-13-30(14-10-18)24(31)20-6-4-19(26)15-22(20)27/h3-6,15-16,18H,7-14H2,1-2H3. The Morgan fingerprint density at radius 2 is 1.44 bits per heavy atom.